The Morgan fingerprint density at radius 1 is 1.29 bits per heavy atom. The lowest BCUT2D eigenvalue weighted by molar-refractivity contribution is -0.118. The van der Waals surface area contributed by atoms with Gasteiger partial charge in [0.15, 0.2) is 0 Å². The van der Waals surface area contributed by atoms with Crippen LogP contribution in [0.4, 0.5) is 0 Å². The SMILES string of the molecule is CC(=O)NCCc1c[nH]c2cc(C)c(C)cc12. The van der Waals surface area contributed by atoms with Crippen molar-refractivity contribution in [1.29, 1.82) is 0 Å². The average molecular weight is 230 g/mol. The molecule has 3 heteroatoms. The molecule has 0 aliphatic carbocycles. The molecule has 0 radical (unpaired) electrons. The number of amides is 1. The lowest BCUT2D eigenvalue weighted by Crippen LogP contribution is -2.22. The van der Waals surface area contributed by atoms with Gasteiger partial charge in [0, 0.05) is 30.6 Å². The number of hydrogen-bond acceptors (Lipinski definition) is 1. The van der Waals surface area contributed by atoms with Crippen molar-refractivity contribution in [3.63, 3.8) is 0 Å². The Labute approximate surface area is 101 Å². The van der Waals surface area contributed by atoms with Crippen LogP contribution in [-0.2, 0) is 11.2 Å². The molecule has 90 valence electrons. The maximum absolute atomic E-state index is 10.8. The number of rotatable bonds is 3. The molecule has 17 heavy (non-hydrogen) atoms. The molecule has 1 heterocycles. The zero-order chi connectivity index (χ0) is 12.4. The zero-order valence-electron chi connectivity index (χ0n) is 10.6. The van der Waals surface area contributed by atoms with Crippen molar-refractivity contribution >= 4 is 16.8 Å². The number of aromatic amines is 1. The lowest BCUT2D eigenvalue weighted by Gasteiger charge is -2.03. The molecule has 0 saturated heterocycles. The van der Waals surface area contributed by atoms with Gasteiger partial charge in [-0.2, -0.15) is 0 Å². The molecule has 2 N–H and O–H groups in total. The van der Waals surface area contributed by atoms with Crippen LogP contribution in [0.5, 0.6) is 0 Å². The second-order valence-electron chi connectivity index (χ2n) is 4.53. The van der Waals surface area contributed by atoms with Gasteiger partial charge in [0.25, 0.3) is 0 Å². The third-order valence-electron chi connectivity index (χ3n) is 3.15. The molecule has 0 spiro atoms. The summed E-state index contributed by atoms with van der Waals surface area (Å²) in [6.07, 6.45) is 2.90. The van der Waals surface area contributed by atoms with E-state index in [1.54, 1.807) is 6.92 Å². The summed E-state index contributed by atoms with van der Waals surface area (Å²) >= 11 is 0. The first kappa shape index (κ1) is 11.7. The van der Waals surface area contributed by atoms with Crippen molar-refractivity contribution in [2.45, 2.75) is 27.2 Å². The third kappa shape index (κ3) is 2.49. The molecule has 1 amide bonds. The number of fused-ring (bicyclic) bond motifs is 1. The molecule has 2 aromatic rings. The predicted molar refractivity (Wildman–Crippen MR) is 70.2 cm³/mol. The minimum atomic E-state index is 0.0249. The lowest BCUT2D eigenvalue weighted by atomic mass is 10.0. The summed E-state index contributed by atoms with van der Waals surface area (Å²) in [7, 11) is 0. The molecule has 2 rings (SSSR count). The number of H-pyrrole nitrogens is 1. The molecule has 3 nitrogen and oxygen atoms in total. The Kier molecular flexibility index (Phi) is 3.18. The molecule has 0 atom stereocenters. The highest BCUT2D eigenvalue weighted by molar-refractivity contribution is 5.84. The molecule has 1 aromatic heterocycles. The second-order valence-corrected chi connectivity index (χ2v) is 4.53. The van der Waals surface area contributed by atoms with Crippen LogP contribution in [0, 0.1) is 13.8 Å². The Morgan fingerprint density at radius 3 is 2.71 bits per heavy atom. The molecular formula is C14H18N2O. The van der Waals surface area contributed by atoms with E-state index in [1.807, 2.05) is 6.20 Å². The largest absolute Gasteiger partial charge is 0.361 e. The van der Waals surface area contributed by atoms with E-state index < -0.39 is 0 Å². The molecule has 0 aliphatic heterocycles. The van der Waals surface area contributed by atoms with Gasteiger partial charge in [-0.3, -0.25) is 4.79 Å². The van der Waals surface area contributed by atoms with E-state index in [4.69, 9.17) is 0 Å². The molecular weight excluding hydrogens is 212 g/mol. The number of nitrogens with one attached hydrogen (secondary N) is 2. The Hall–Kier alpha value is -1.77. The standard InChI is InChI=1S/C14H18N2O/c1-9-6-13-12(4-5-15-11(3)17)8-16-14(13)7-10(9)2/h6-8,16H,4-5H2,1-3H3,(H,15,17). The fourth-order valence-electron chi connectivity index (χ4n) is 2.02. The van der Waals surface area contributed by atoms with Crippen LogP contribution >= 0.6 is 0 Å². The third-order valence-corrected chi connectivity index (χ3v) is 3.15. The summed E-state index contributed by atoms with van der Waals surface area (Å²) in [6, 6.07) is 4.39. The van der Waals surface area contributed by atoms with Gasteiger partial charge in [-0.1, -0.05) is 0 Å². The van der Waals surface area contributed by atoms with Crippen molar-refractivity contribution in [3.05, 3.63) is 35.0 Å². The summed E-state index contributed by atoms with van der Waals surface area (Å²) in [5, 5.41) is 4.08. The molecule has 1 aromatic carbocycles. The van der Waals surface area contributed by atoms with E-state index >= 15 is 0 Å². The summed E-state index contributed by atoms with van der Waals surface area (Å²) in [4.78, 5) is 14.1. The first-order chi connectivity index (χ1) is 8.08. The highest BCUT2D eigenvalue weighted by Gasteiger charge is 2.05. The van der Waals surface area contributed by atoms with Gasteiger partial charge < -0.3 is 10.3 Å². The highest BCUT2D eigenvalue weighted by Crippen LogP contribution is 2.22. The van der Waals surface area contributed by atoms with Crippen LogP contribution in [0.1, 0.15) is 23.6 Å². The molecule has 0 unspecified atom stereocenters. The van der Waals surface area contributed by atoms with Crippen LogP contribution in [0.15, 0.2) is 18.3 Å². The fraction of sp³-hybridized carbons (Fsp3) is 0.357. The fourth-order valence-corrected chi connectivity index (χ4v) is 2.02. The van der Waals surface area contributed by atoms with Gasteiger partial charge in [-0.05, 0) is 49.1 Å². The maximum atomic E-state index is 10.8. The smallest absolute Gasteiger partial charge is 0.216 e. The quantitative estimate of drug-likeness (QED) is 0.836. The van der Waals surface area contributed by atoms with E-state index in [-0.39, 0.29) is 5.91 Å². The van der Waals surface area contributed by atoms with Gasteiger partial charge >= 0.3 is 0 Å². The number of hydrogen-bond donors (Lipinski definition) is 2. The van der Waals surface area contributed by atoms with E-state index in [9.17, 15) is 4.79 Å². The highest BCUT2D eigenvalue weighted by atomic mass is 16.1. The number of aryl methyl sites for hydroxylation is 2. The predicted octanol–water partition coefficient (Wildman–Crippen LogP) is 2.46. The molecule has 0 saturated carbocycles. The Balaban J connectivity index is 2.23. The van der Waals surface area contributed by atoms with Crippen molar-refractivity contribution in [2.24, 2.45) is 0 Å². The number of carbonyl (C=O) groups is 1. The molecule has 0 fully saturated rings. The van der Waals surface area contributed by atoms with Crippen LogP contribution in [0.3, 0.4) is 0 Å². The first-order valence-corrected chi connectivity index (χ1v) is 5.89. The van der Waals surface area contributed by atoms with Crippen molar-refractivity contribution in [3.8, 4) is 0 Å². The van der Waals surface area contributed by atoms with E-state index in [0.29, 0.717) is 6.54 Å². The number of aromatic nitrogens is 1. The Morgan fingerprint density at radius 2 is 2.00 bits per heavy atom. The van der Waals surface area contributed by atoms with Gasteiger partial charge in [-0.25, -0.2) is 0 Å². The zero-order valence-corrected chi connectivity index (χ0v) is 10.6. The van der Waals surface area contributed by atoms with Gasteiger partial charge in [0.1, 0.15) is 0 Å². The maximum Gasteiger partial charge on any atom is 0.216 e. The van der Waals surface area contributed by atoms with Crippen LogP contribution in [0.2, 0.25) is 0 Å². The van der Waals surface area contributed by atoms with E-state index in [1.165, 1.54) is 27.6 Å². The first-order valence-electron chi connectivity index (χ1n) is 5.89. The van der Waals surface area contributed by atoms with E-state index in [0.717, 1.165) is 6.42 Å². The Bertz CT molecular complexity index is 555. The molecule has 0 aliphatic rings. The van der Waals surface area contributed by atoms with E-state index in [2.05, 4.69) is 36.3 Å². The topological polar surface area (TPSA) is 44.9 Å². The number of carbonyl (C=O) groups excluding carboxylic acids is 1. The van der Waals surface area contributed by atoms with Crippen LogP contribution in [-0.4, -0.2) is 17.4 Å². The summed E-state index contributed by atoms with van der Waals surface area (Å²) in [6.45, 7) is 6.48. The number of benzene rings is 1. The van der Waals surface area contributed by atoms with Crippen molar-refractivity contribution < 1.29 is 4.79 Å². The van der Waals surface area contributed by atoms with Gasteiger partial charge in [0.2, 0.25) is 5.91 Å². The normalized spacial score (nSPS) is 10.8. The monoisotopic (exact) mass is 230 g/mol. The minimum absolute atomic E-state index is 0.0249. The summed E-state index contributed by atoms with van der Waals surface area (Å²) in [5.41, 5.74) is 5.04. The summed E-state index contributed by atoms with van der Waals surface area (Å²) in [5.74, 6) is 0.0249. The second kappa shape index (κ2) is 4.62. The van der Waals surface area contributed by atoms with Crippen LogP contribution < -0.4 is 5.32 Å². The average Bonchev–Trinajstić information content (AvgIpc) is 2.62. The van der Waals surface area contributed by atoms with Crippen molar-refractivity contribution in [2.75, 3.05) is 6.54 Å². The van der Waals surface area contributed by atoms with Gasteiger partial charge in [-0.15, -0.1) is 0 Å². The molecule has 0 bridgehead atoms. The van der Waals surface area contributed by atoms with Gasteiger partial charge in [0.05, 0.1) is 0 Å². The summed E-state index contributed by atoms with van der Waals surface area (Å²) < 4.78 is 0. The van der Waals surface area contributed by atoms with Crippen LogP contribution in [0.25, 0.3) is 10.9 Å². The van der Waals surface area contributed by atoms with Crippen molar-refractivity contribution in [1.82, 2.24) is 10.3 Å². The minimum Gasteiger partial charge on any atom is -0.361 e.